The molecule has 0 amide bonds. The van der Waals surface area contributed by atoms with Gasteiger partial charge in [-0.05, 0) is 48.6 Å². The summed E-state index contributed by atoms with van der Waals surface area (Å²) in [7, 11) is 0. The summed E-state index contributed by atoms with van der Waals surface area (Å²) in [4.78, 5) is 0.397. The summed E-state index contributed by atoms with van der Waals surface area (Å²) in [5.41, 5.74) is 4.10. The van der Waals surface area contributed by atoms with Crippen molar-refractivity contribution in [3.8, 4) is 0 Å². The molecule has 2 unspecified atom stereocenters. The van der Waals surface area contributed by atoms with Crippen molar-refractivity contribution in [2.24, 2.45) is 5.92 Å². The number of rotatable bonds is 12. The highest BCUT2D eigenvalue weighted by molar-refractivity contribution is 9.09. The first-order valence-electron chi connectivity index (χ1n) is 12.8. The molecule has 1 nitrogen and oxygen atoms in total. The summed E-state index contributed by atoms with van der Waals surface area (Å²) in [6, 6.07) is 21.9. The molecule has 0 N–H and O–H groups in total. The van der Waals surface area contributed by atoms with Crippen LogP contribution in [0.4, 0.5) is 0 Å². The zero-order chi connectivity index (χ0) is 25.8. The van der Waals surface area contributed by atoms with Crippen molar-refractivity contribution >= 4 is 27.7 Å². The molecule has 0 bridgehead atoms. The first-order valence-corrected chi connectivity index (χ1v) is 14.7. The van der Waals surface area contributed by atoms with Crippen LogP contribution in [0.15, 0.2) is 84.5 Å². The Hall–Kier alpha value is -1.29. The Morgan fingerprint density at radius 1 is 0.912 bits per heavy atom. The number of thioether (sulfide) groups is 1. The topological polar surface area (TPSA) is 9.23 Å². The largest absolute Gasteiger partial charge is 0.380 e. The summed E-state index contributed by atoms with van der Waals surface area (Å²) >= 11 is 5.58. The molecule has 0 spiro atoms. The molecular formula is C31H47BrOS. The molecule has 0 aliphatic heterocycles. The number of benzene rings is 2. The molecule has 0 saturated heterocycles. The van der Waals surface area contributed by atoms with Gasteiger partial charge in [-0.25, -0.2) is 0 Å². The second kappa shape index (κ2) is 20.0. The first kappa shape index (κ1) is 32.7. The van der Waals surface area contributed by atoms with Crippen LogP contribution in [0.1, 0.15) is 72.9 Å². The van der Waals surface area contributed by atoms with Crippen molar-refractivity contribution in [1.82, 2.24) is 0 Å². The molecule has 0 fully saturated rings. The van der Waals surface area contributed by atoms with E-state index in [-0.39, 0.29) is 4.75 Å². The highest BCUT2D eigenvalue weighted by atomic mass is 79.9. The van der Waals surface area contributed by atoms with Crippen LogP contribution in [-0.4, -0.2) is 23.8 Å². The van der Waals surface area contributed by atoms with Crippen molar-refractivity contribution in [2.75, 3.05) is 19.0 Å². The van der Waals surface area contributed by atoms with E-state index in [9.17, 15) is 0 Å². The summed E-state index contributed by atoms with van der Waals surface area (Å²) in [5, 5.41) is 0. The van der Waals surface area contributed by atoms with Crippen LogP contribution in [0, 0.1) is 5.92 Å². The van der Waals surface area contributed by atoms with Crippen LogP contribution in [-0.2, 0) is 9.48 Å². The number of hydrogen-bond donors (Lipinski definition) is 0. The predicted octanol–water partition coefficient (Wildman–Crippen LogP) is 10.1. The molecule has 34 heavy (non-hydrogen) atoms. The van der Waals surface area contributed by atoms with Gasteiger partial charge in [-0.2, -0.15) is 0 Å². The molecule has 2 atom stereocenters. The Kier molecular flexibility index (Phi) is 19.2. The number of hydrogen-bond acceptors (Lipinski definition) is 2. The zero-order valence-corrected chi connectivity index (χ0v) is 25.1. The average Bonchev–Trinajstić information content (AvgIpc) is 2.89. The Morgan fingerprint density at radius 3 is 1.82 bits per heavy atom. The van der Waals surface area contributed by atoms with Gasteiger partial charge < -0.3 is 4.74 Å². The fourth-order valence-corrected chi connectivity index (χ4v) is 5.74. The average molecular weight is 548 g/mol. The highest BCUT2D eigenvalue weighted by Gasteiger charge is 2.39. The SMILES string of the molecule is C/C=C\C(C)/C(=C\C)C(SCCCOCC(C)Br)(c1ccccc1)c1ccccc1.CC.CC. The van der Waals surface area contributed by atoms with E-state index in [0.29, 0.717) is 10.7 Å². The van der Waals surface area contributed by atoms with Crippen LogP contribution in [0.5, 0.6) is 0 Å². The van der Waals surface area contributed by atoms with Crippen molar-refractivity contribution in [3.05, 3.63) is 95.6 Å². The molecule has 2 rings (SSSR count). The summed E-state index contributed by atoms with van der Waals surface area (Å²) in [6.45, 7) is 18.2. The number of ether oxygens (including phenoxy) is 1. The van der Waals surface area contributed by atoms with E-state index in [1.54, 1.807) is 0 Å². The highest BCUT2D eigenvalue weighted by Crippen LogP contribution is 2.51. The van der Waals surface area contributed by atoms with Gasteiger partial charge in [-0.3, -0.25) is 0 Å². The molecule has 2 aromatic rings. The molecule has 3 heteroatoms. The van der Waals surface area contributed by atoms with E-state index in [1.165, 1.54) is 16.7 Å². The Balaban J connectivity index is 0.00000258. The number of allylic oxidation sites excluding steroid dienone is 3. The van der Waals surface area contributed by atoms with E-state index < -0.39 is 0 Å². The van der Waals surface area contributed by atoms with Gasteiger partial charge in [0.25, 0.3) is 0 Å². The van der Waals surface area contributed by atoms with Crippen LogP contribution < -0.4 is 0 Å². The van der Waals surface area contributed by atoms with E-state index in [2.05, 4.69) is 123 Å². The Labute approximate surface area is 223 Å². The first-order chi connectivity index (χ1) is 16.6. The molecule has 0 heterocycles. The molecule has 0 saturated carbocycles. The second-order valence-corrected chi connectivity index (χ2v) is 10.4. The van der Waals surface area contributed by atoms with Crippen molar-refractivity contribution in [2.45, 2.75) is 71.4 Å². The third-order valence-electron chi connectivity index (χ3n) is 5.15. The fraction of sp³-hybridized carbons (Fsp3) is 0.484. The summed E-state index contributed by atoms with van der Waals surface area (Å²) in [6.07, 6.45) is 7.81. The lowest BCUT2D eigenvalue weighted by Crippen LogP contribution is -2.30. The lowest BCUT2D eigenvalue weighted by Gasteiger charge is -2.39. The normalized spacial score (nSPS) is 13.4. The minimum atomic E-state index is -0.223. The van der Waals surface area contributed by atoms with Gasteiger partial charge in [0.2, 0.25) is 0 Å². The third-order valence-corrected chi connectivity index (χ3v) is 7.05. The van der Waals surface area contributed by atoms with E-state index in [0.717, 1.165) is 25.4 Å². The van der Waals surface area contributed by atoms with Crippen LogP contribution >= 0.6 is 27.7 Å². The van der Waals surface area contributed by atoms with E-state index >= 15 is 0 Å². The number of alkyl halides is 1. The fourth-order valence-electron chi connectivity index (χ4n) is 3.91. The molecule has 2 aromatic carbocycles. The molecule has 0 radical (unpaired) electrons. The maximum Gasteiger partial charge on any atom is 0.0872 e. The van der Waals surface area contributed by atoms with Crippen LogP contribution in [0.3, 0.4) is 0 Å². The predicted molar refractivity (Wildman–Crippen MR) is 160 cm³/mol. The summed E-state index contributed by atoms with van der Waals surface area (Å²) < 4.78 is 5.58. The monoisotopic (exact) mass is 546 g/mol. The van der Waals surface area contributed by atoms with Crippen molar-refractivity contribution in [1.29, 1.82) is 0 Å². The van der Waals surface area contributed by atoms with Crippen molar-refractivity contribution in [3.63, 3.8) is 0 Å². The second-order valence-electron chi connectivity index (χ2n) is 7.53. The lowest BCUT2D eigenvalue weighted by atomic mass is 9.78. The minimum absolute atomic E-state index is 0.223. The maximum atomic E-state index is 5.81. The molecule has 0 aliphatic carbocycles. The molecule has 0 aromatic heterocycles. The zero-order valence-electron chi connectivity index (χ0n) is 22.7. The van der Waals surface area contributed by atoms with Gasteiger partial charge in [0.15, 0.2) is 0 Å². The van der Waals surface area contributed by atoms with E-state index in [1.807, 2.05) is 39.5 Å². The van der Waals surface area contributed by atoms with Crippen LogP contribution in [0.25, 0.3) is 0 Å². The lowest BCUT2D eigenvalue weighted by molar-refractivity contribution is 0.140. The van der Waals surface area contributed by atoms with E-state index in [4.69, 9.17) is 4.74 Å². The Morgan fingerprint density at radius 2 is 1.41 bits per heavy atom. The third kappa shape index (κ3) is 10.1. The van der Waals surface area contributed by atoms with Crippen LogP contribution in [0.2, 0.25) is 0 Å². The maximum absolute atomic E-state index is 5.81. The van der Waals surface area contributed by atoms with Gasteiger partial charge in [0, 0.05) is 11.4 Å². The van der Waals surface area contributed by atoms with Gasteiger partial charge in [0.05, 0.1) is 11.4 Å². The Bertz CT molecular complexity index is 744. The number of halogens is 1. The van der Waals surface area contributed by atoms with Gasteiger partial charge in [-0.15, -0.1) is 11.8 Å². The molecule has 190 valence electrons. The van der Waals surface area contributed by atoms with Gasteiger partial charge in [-0.1, -0.05) is 136 Å². The standard InChI is InChI=1S/C27H35BrOS.2C2H6/c1-5-14-22(3)26(6-2)27(24-15-9-7-10-16-24,25-17-11-8-12-18-25)30-20-13-19-29-21-23(4)28;2*1-2/h5-12,14-18,22-23H,13,19-21H2,1-4H3;2*1-2H3/b14-5-,26-6+;;. The quantitative estimate of drug-likeness (QED) is 0.149. The van der Waals surface area contributed by atoms with Gasteiger partial charge >= 0.3 is 0 Å². The van der Waals surface area contributed by atoms with Crippen molar-refractivity contribution < 1.29 is 4.74 Å². The smallest absolute Gasteiger partial charge is 0.0872 e. The minimum Gasteiger partial charge on any atom is -0.380 e. The molecular weight excluding hydrogens is 500 g/mol. The molecule has 0 aliphatic rings. The van der Waals surface area contributed by atoms with Gasteiger partial charge in [0.1, 0.15) is 0 Å². The summed E-state index contributed by atoms with van der Waals surface area (Å²) in [5.74, 6) is 1.37.